The maximum absolute atomic E-state index is 13.8. The van der Waals surface area contributed by atoms with Crippen LogP contribution in [0.1, 0.15) is 29.3 Å². The van der Waals surface area contributed by atoms with Gasteiger partial charge < -0.3 is 23.5 Å². The monoisotopic (exact) mass is 493 g/mol. The fourth-order valence-corrected chi connectivity index (χ4v) is 5.63. The molecule has 2 aliphatic rings. The Morgan fingerprint density at radius 1 is 1.11 bits per heavy atom. The number of carbonyl (C=O) groups is 2. The second-order valence-electron chi connectivity index (χ2n) is 8.47. The number of rotatable bonds is 6. The lowest BCUT2D eigenvalue weighted by Crippen LogP contribution is -2.50. The number of para-hydroxylation sites is 1. The molecule has 8 nitrogen and oxygen atoms in total. The molecule has 0 bridgehead atoms. The van der Waals surface area contributed by atoms with Crippen molar-refractivity contribution in [3.63, 3.8) is 0 Å². The molecule has 1 fully saturated rings. The van der Waals surface area contributed by atoms with Crippen LogP contribution in [0.25, 0.3) is 10.9 Å². The minimum Gasteiger partial charge on any atom is -0.472 e. The second-order valence-corrected chi connectivity index (χ2v) is 9.61. The third-order valence-electron chi connectivity index (χ3n) is 6.35. The maximum Gasteiger partial charge on any atom is 0.345 e. The van der Waals surface area contributed by atoms with E-state index in [2.05, 4.69) is 0 Å². The van der Waals surface area contributed by atoms with Crippen LogP contribution in [0.2, 0.25) is 0 Å². The highest BCUT2D eigenvalue weighted by Crippen LogP contribution is 2.32. The number of allylic oxidation sites excluding steroid dienone is 1. The third kappa shape index (κ3) is 4.48. The second kappa shape index (κ2) is 10.0. The molecule has 0 saturated carbocycles. The molecule has 182 valence electrons. The van der Waals surface area contributed by atoms with E-state index < -0.39 is 11.5 Å². The van der Waals surface area contributed by atoms with Crippen molar-refractivity contribution in [2.24, 2.45) is 0 Å². The first-order valence-electron chi connectivity index (χ1n) is 11.8. The van der Waals surface area contributed by atoms with E-state index in [4.69, 9.17) is 9.15 Å². The highest BCUT2D eigenvalue weighted by Gasteiger charge is 2.31. The number of benzene rings is 1. The minimum atomic E-state index is -0.634. The molecule has 0 N–H and O–H groups in total. The molecule has 5 rings (SSSR count). The first-order chi connectivity index (χ1) is 17.1. The predicted molar refractivity (Wildman–Crippen MR) is 136 cm³/mol. The molecule has 1 saturated heterocycles. The summed E-state index contributed by atoms with van der Waals surface area (Å²) in [7, 11) is 0. The first kappa shape index (κ1) is 23.3. The normalized spacial score (nSPS) is 16.0. The summed E-state index contributed by atoms with van der Waals surface area (Å²) in [6.07, 6.45) is 6.08. The Labute approximate surface area is 207 Å². The Bertz CT molecular complexity index is 1340. The number of ether oxygens (including phenoxy) is 1. The van der Waals surface area contributed by atoms with Gasteiger partial charge in [0.15, 0.2) is 0 Å². The largest absolute Gasteiger partial charge is 0.472 e. The predicted octanol–water partition coefficient (Wildman–Crippen LogP) is 3.49. The zero-order valence-electron chi connectivity index (χ0n) is 19.6. The number of fused-ring (bicyclic) bond motifs is 1. The van der Waals surface area contributed by atoms with Gasteiger partial charge in [-0.3, -0.25) is 9.59 Å². The number of pyridine rings is 1. The van der Waals surface area contributed by atoms with Crippen LogP contribution in [0.4, 0.5) is 5.69 Å². The number of anilines is 1. The number of thioether (sulfide) groups is 1. The SMILES string of the molecule is CCOC(=O)c1c(N2CCN(C(=O)C3=CCCS3)CC2)c2ccccc2n(Cc2ccoc2)c1=O. The molecule has 3 aromatic rings. The molecule has 0 radical (unpaired) electrons. The molecule has 2 aromatic heterocycles. The average Bonchev–Trinajstić information content (AvgIpc) is 3.60. The molecule has 35 heavy (non-hydrogen) atoms. The van der Waals surface area contributed by atoms with Gasteiger partial charge in [-0.25, -0.2) is 4.79 Å². The lowest BCUT2D eigenvalue weighted by Gasteiger charge is -2.37. The molecule has 0 unspecified atom stereocenters. The van der Waals surface area contributed by atoms with Gasteiger partial charge in [0.25, 0.3) is 11.5 Å². The third-order valence-corrected chi connectivity index (χ3v) is 7.44. The topological polar surface area (TPSA) is 85.0 Å². The van der Waals surface area contributed by atoms with Crippen molar-refractivity contribution >= 4 is 40.2 Å². The quantitative estimate of drug-likeness (QED) is 0.486. The Balaban J connectivity index is 1.56. The lowest BCUT2D eigenvalue weighted by atomic mass is 10.1. The van der Waals surface area contributed by atoms with E-state index >= 15 is 0 Å². The Morgan fingerprint density at radius 3 is 2.60 bits per heavy atom. The number of hydrogen-bond donors (Lipinski definition) is 0. The van der Waals surface area contributed by atoms with Crippen molar-refractivity contribution in [1.82, 2.24) is 9.47 Å². The highest BCUT2D eigenvalue weighted by molar-refractivity contribution is 8.04. The number of aromatic nitrogens is 1. The van der Waals surface area contributed by atoms with Crippen molar-refractivity contribution in [2.75, 3.05) is 43.4 Å². The Hall–Kier alpha value is -3.46. The van der Waals surface area contributed by atoms with Crippen LogP contribution >= 0.6 is 11.8 Å². The summed E-state index contributed by atoms with van der Waals surface area (Å²) in [5, 5.41) is 0.799. The summed E-state index contributed by atoms with van der Waals surface area (Å²) in [6.45, 7) is 4.25. The molecule has 1 aromatic carbocycles. The summed E-state index contributed by atoms with van der Waals surface area (Å²) in [4.78, 5) is 44.4. The van der Waals surface area contributed by atoms with Crippen LogP contribution in [0.15, 0.2) is 63.1 Å². The molecule has 9 heteroatoms. The van der Waals surface area contributed by atoms with Crippen LogP contribution in [0.3, 0.4) is 0 Å². The summed E-state index contributed by atoms with van der Waals surface area (Å²) >= 11 is 1.60. The van der Waals surface area contributed by atoms with Crippen LogP contribution in [0, 0.1) is 0 Å². The van der Waals surface area contributed by atoms with Gasteiger partial charge >= 0.3 is 5.97 Å². The number of esters is 1. The van der Waals surface area contributed by atoms with Crippen molar-refractivity contribution in [3.8, 4) is 0 Å². The molecular formula is C26H27N3O5S. The molecule has 2 aliphatic heterocycles. The van der Waals surface area contributed by atoms with E-state index in [0.29, 0.717) is 31.9 Å². The standard InChI is InChI=1S/C26H27N3O5S/c1-2-34-26(32)22-23(27-10-12-28(13-11-27)24(30)21-8-5-15-35-21)19-6-3-4-7-20(19)29(25(22)31)16-18-9-14-33-17-18/h3-4,6-9,14,17H,2,5,10-13,15-16H2,1H3. The number of carbonyl (C=O) groups excluding carboxylic acids is 2. The number of nitrogens with zero attached hydrogens (tertiary/aromatic N) is 3. The van der Waals surface area contributed by atoms with Gasteiger partial charge in [-0.1, -0.05) is 24.3 Å². The summed E-state index contributed by atoms with van der Waals surface area (Å²) < 4.78 is 12.1. The molecule has 4 heterocycles. The number of hydrogen-bond acceptors (Lipinski definition) is 7. The van der Waals surface area contributed by atoms with Crippen LogP contribution < -0.4 is 10.5 Å². The number of furan rings is 1. The molecular weight excluding hydrogens is 466 g/mol. The van der Waals surface area contributed by atoms with E-state index in [1.807, 2.05) is 40.1 Å². The van der Waals surface area contributed by atoms with E-state index in [9.17, 15) is 14.4 Å². The number of amides is 1. The van der Waals surface area contributed by atoms with Gasteiger partial charge in [-0.15, -0.1) is 11.8 Å². The highest BCUT2D eigenvalue weighted by atomic mass is 32.2. The summed E-state index contributed by atoms with van der Waals surface area (Å²) in [5.74, 6) is 0.383. The molecule has 0 aliphatic carbocycles. The van der Waals surface area contributed by atoms with E-state index in [1.165, 1.54) is 0 Å². The van der Waals surface area contributed by atoms with Gasteiger partial charge in [-0.05, 0) is 25.5 Å². The fraction of sp³-hybridized carbons (Fsp3) is 0.346. The van der Waals surface area contributed by atoms with Crippen molar-refractivity contribution in [2.45, 2.75) is 19.9 Å². The number of piperazine rings is 1. The maximum atomic E-state index is 13.8. The van der Waals surface area contributed by atoms with Gasteiger partial charge in [0, 0.05) is 42.9 Å². The Kier molecular flexibility index (Phi) is 6.68. The first-order valence-corrected chi connectivity index (χ1v) is 12.8. The van der Waals surface area contributed by atoms with Crippen molar-refractivity contribution in [3.05, 3.63) is 75.3 Å². The van der Waals surface area contributed by atoms with Crippen molar-refractivity contribution < 1.29 is 18.7 Å². The molecule has 0 atom stereocenters. The summed E-state index contributed by atoms with van der Waals surface area (Å²) in [5.41, 5.74) is 1.76. The molecule has 0 spiro atoms. The van der Waals surface area contributed by atoms with E-state index in [0.717, 1.165) is 33.5 Å². The van der Waals surface area contributed by atoms with Gasteiger partial charge in [0.2, 0.25) is 0 Å². The summed E-state index contributed by atoms with van der Waals surface area (Å²) in [6, 6.07) is 9.39. The zero-order valence-corrected chi connectivity index (χ0v) is 20.4. The van der Waals surface area contributed by atoms with Crippen LogP contribution in [-0.2, 0) is 16.1 Å². The van der Waals surface area contributed by atoms with Crippen LogP contribution in [-0.4, -0.2) is 59.9 Å². The lowest BCUT2D eigenvalue weighted by molar-refractivity contribution is -0.126. The van der Waals surface area contributed by atoms with Gasteiger partial charge in [-0.2, -0.15) is 0 Å². The smallest absolute Gasteiger partial charge is 0.345 e. The molecule has 1 amide bonds. The van der Waals surface area contributed by atoms with Crippen molar-refractivity contribution in [1.29, 1.82) is 0 Å². The Morgan fingerprint density at radius 2 is 1.91 bits per heavy atom. The average molecular weight is 494 g/mol. The van der Waals surface area contributed by atoms with E-state index in [1.54, 1.807) is 41.8 Å². The minimum absolute atomic E-state index is 0.0304. The van der Waals surface area contributed by atoms with E-state index in [-0.39, 0.29) is 24.6 Å². The van der Waals surface area contributed by atoms with Crippen LogP contribution in [0.5, 0.6) is 0 Å². The van der Waals surface area contributed by atoms with Gasteiger partial charge in [0.1, 0.15) is 5.56 Å². The van der Waals surface area contributed by atoms with Gasteiger partial charge in [0.05, 0.1) is 41.8 Å². The fourth-order valence-electron chi connectivity index (χ4n) is 4.68. The zero-order chi connectivity index (χ0) is 24.4.